The first-order valence-electron chi connectivity index (χ1n) is 5.71. The molecule has 0 aromatic heterocycles. The fourth-order valence-electron chi connectivity index (χ4n) is 1.13. The zero-order valence-corrected chi connectivity index (χ0v) is 9.95. The van der Waals surface area contributed by atoms with Crippen molar-refractivity contribution in [3.05, 3.63) is 0 Å². The van der Waals surface area contributed by atoms with E-state index in [1.807, 2.05) is 27.9 Å². The van der Waals surface area contributed by atoms with Gasteiger partial charge in [-0.2, -0.15) is 0 Å². The molecule has 0 aromatic carbocycles. The maximum atomic E-state index is 3.16. The Morgan fingerprint density at radius 2 is 0.923 bits per heavy atom. The van der Waals surface area contributed by atoms with Crippen LogP contribution in [0.3, 0.4) is 0 Å². The minimum Gasteiger partial charge on any atom is -0.320 e. The highest BCUT2D eigenvalue weighted by molar-refractivity contribution is 4.47. The molecule has 0 unspecified atom stereocenters. The summed E-state index contributed by atoms with van der Waals surface area (Å²) in [7, 11) is 4.03. The molecule has 0 heterocycles. The molecule has 0 aliphatic carbocycles. The molecule has 0 fully saturated rings. The van der Waals surface area contributed by atoms with Crippen LogP contribution in [-0.2, 0) is 0 Å². The zero-order chi connectivity index (χ0) is 10.4. The summed E-state index contributed by atoms with van der Waals surface area (Å²) < 4.78 is 0. The molecule has 13 heavy (non-hydrogen) atoms. The van der Waals surface area contributed by atoms with E-state index in [0.717, 1.165) is 0 Å². The van der Waals surface area contributed by atoms with Crippen molar-refractivity contribution < 1.29 is 0 Å². The molecule has 0 rings (SSSR count). The van der Waals surface area contributed by atoms with Gasteiger partial charge in [0.15, 0.2) is 0 Å². The Kier molecular flexibility index (Phi) is 21.2. The predicted octanol–water partition coefficient (Wildman–Crippen LogP) is 2.40. The summed E-state index contributed by atoms with van der Waals surface area (Å²) in [6.07, 6.45) is 6.81. The minimum atomic E-state index is 1.17. The monoisotopic (exact) mass is 188 g/mol. The second-order valence-corrected chi connectivity index (χ2v) is 2.97. The lowest BCUT2D eigenvalue weighted by molar-refractivity contribution is 0.585. The normalized spacial score (nSPS) is 9.23. The van der Waals surface area contributed by atoms with Crippen LogP contribution in [-0.4, -0.2) is 27.2 Å². The number of unbranched alkanes of at least 4 members (excludes halogenated alkanes) is 4. The second-order valence-electron chi connectivity index (χ2n) is 2.97. The molecule has 0 bridgehead atoms. The molecular formula is C11H28N2. The summed E-state index contributed by atoms with van der Waals surface area (Å²) in [5, 5.41) is 6.31. The van der Waals surface area contributed by atoms with Gasteiger partial charge in [0.05, 0.1) is 0 Å². The van der Waals surface area contributed by atoms with Crippen molar-refractivity contribution in [1.82, 2.24) is 10.6 Å². The van der Waals surface area contributed by atoms with Crippen molar-refractivity contribution in [3.63, 3.8) is 0 Å². The minimum absolute atomic E-state index is 1.17. The van der Waals surface area contributed by atoms with Crippen molar-refractivity contribution >= 4 is 0 Å². The SMILES string of the molecule is CC.CNCCCCCCCNC. The maximum Gasteiger partial charge on any atom is -0.00519 e. The second kappa shape index (κ2) is 17.9. The molecule has 0 saturated carbocycles. The quantitative estimate of drug-likeness (QED) is 0.572. The number of hydrogen-bond acceptors (Lipinski definition) is 2. The molecule has 2 heteroatoms. The van der Waals surface area contributed by atoms with Crippen molar-refractivity contribution in [3.8, 4) is 0 Å². The summed E-state index contributed by atoms with van der Waals surface area (Å²) in [5.74, 6) is 0. The van der Waals surface area contributed by atoms with Gasteiger partial charge in [-0.3, -0.25) is 0 Å². The smallest absolute Gasteiger partial charge is 0.00519 e. The van der Waals surface area contributed by atoms with Crippen LogP contribution < -0.4 is 10.6 Å². The van der Waals surface area contributed by atoms with Crippen LogP contribution in [0.4, 0.5) is 0 Å². The molecule has 2 N–H and O–H groups in total. The highest BCUT2D eigenvalue weighted by Gasteiger charge is 1.88. The van der Waals surface area contributed by atoms with Crippen molar-refractivity contribution in [2.75, 3.05) is 27.2 Å². The molecule has 0 amide bonds. The van der Waals surface area contributed by atoms with Gasteiger partial charge in [0.1, 0.15) is 0 Å². The highest BCUT2D eigenvalue weighted by Crippen LogP contribution is 2.00. The van der Waals surface area contributed by atoms with E-state index in [1.54, 1.807) is 0 Å². The summed E-state index contributed by atoms with van der Waals surface area (Å²) in [4.78, 5) is 0. The lowest BCUT2D eigenvalue weighted by atomic mass is 10.1. The Morgan fingerprint density at radius 3 is 1.23 bits per heavy atom. The molecule has 0 spiro atoms. The van der Waals surface area contributed by atoms with Gasteiger partial charge in [0, 0.05) is 0 Å². The molecule has 2 nitrogen and oxygen atoms in total. The van der Waals surface area contributed by atoms with E-state index in [9.17, 15) is 0 Å². The lowest BCUT2D eigenvalue weighted by Crippen LogP contribution is -2.08. The van der Waals surface area contributed by atoms with Gasteiger partial charge in [-0.05, 0) is 40.0 Å². The predicted molar refractivity (Wildman–Crippen MR) is 62.3 cm³/mol. The van der Waals surface area contributed by atoms with Crippen LogP contribution in [0, 0.1) is 0 Å². The molecule has 0 aromatic rings. The average molecular weight is 188 g/mol. The van der Waals surface area contributed by atoms with Crippen LogP contribution in [0.25, 0.3) is 0 Å². The molecule has 0 aliphatic rings. The highest BCUT2D eigenvalue weighted by atomic mass is 14.8. The van der Waals surface area contributed by atoms with E-state index < -0.39 is 0 Å². The zero-order valence-electron chi connectivity index (χ0n) is 9.95. The first-order chi connectivity index (χ1) is 6.41. The molecule has 82 valence electrons. The van der Waals surface area contributed by atoms with Crippen LogP contribution in [0.1, 0.15) is 46.0 Å². The van der Waals surface area contributed by atoms with Crippen molar-refractivity contribution in [1.29, 1.82) is 0 Å². The van der Waals surface area contributed by atoms with E-state index >= 15 is 0 Å². The Balaban J connectivity index is 0. The van der Waals surface area contributed by atoms with E-state index in [1.165, 1.54) is 45.2 Å². The summed E-state index contributed by atoms with van der Waals surface area (Å²) in [6, 6.07) is 0. The number of rotatable bonds is 8. The lowest BCUT2D eigenvalue weighted by Gasteiger charge is -2.00. The summed E-state index contributed by atoms with van der Waals surface area (Å²) in [5.41, 5.74) is 0. The Bertz CT molecular complexity index is 57.1. The number of nitrogens with one attached hydrogen (secondary N) is 2. The molecule has 0 saturated heterocycles. The van der Waals surface area contributed by atoms with Crippen LogP contribution in [0.5, 0.6) is 0 Å². The first-order valence-corrected chi connectivity index (χ1v) is 5.71. The molecule has 0 aliphatic heterocycles. The standard InChI is InChI=1S/C9H22N2.C2H6/c1-10-8-6-4-3-5-7-9-11-2;1-2/h10-11H,3-9H2,1-2H3;1-2H3. The Morgan fingerprint density at radius 1 is 0.615 bits per heavy atom. The van der Waals surface area contributed by atoms with Crippen molar-refractivity contribution in [2.45, 2.75) is 46.0 Å². The third-order valence-corrected chi connectivity index (χ3v) is 1.85. The largest absolute Gasteiger partial charge is 0.320 e. The van der Waals surface area contributed by atoms with E-state index in [4.69, 9.17) is 0 Å². The summed E-state index contributed by atoms with van der Waals surface area (Å²) >= 11 is 0. The average Bonchev–Trinajstić information content (AvgIpc) is 2.20. The van der Waals surface area contributed by atoms with Crippen LogP contribution in [0.2, 0.25) is 0 Å². The van der Waals surface area contributed by atoms with E-state index in [0.29, 0.717) is 0 Å². The van der Waals surface area contributed by atoms with Gasteiger partial charge in [-0.15, -0.1) is 0 Å². The molecular weight excluding hydrogens is 160 g/mol. The van der Waals surface area contributed by atoms with Gasteiger partial charge >= 0.3 is 0 Å². The Labute approximate surface area is 84.5 Å². The van der Waals surface area contributed by atoms with Gasteiger partial charge in [0.2, 0.25) is 0 Å². The van der Waals surface area contributed by atoms with E-state index in [2.05, 4.69) is 10.6 Å². The van der Waals surface area contributed by atoms with Gasteiger partial charge in [-0.1, -0.05) is 33.1 Å². The first kappa shape index (κ1) is 15.4. The van der Waals surface area contributed by atoms with E-state index in [-0.39, 0.29) is 0 Å². The number of hydrogen-bond donors (Lipinski definition) is 2. The summed E-state index contributed by atoms with van der Waals surface area (Å²) in [6.45, 7) is 6.35. The third-order valence-electron chi connectivity index (χ3n) is 1.85. The van der Waals surface area contributed by atoms with Gasteiger partial charge in [0.25, 0.3) is 0 Å². The van der Waals surface area contributed by atoms with Gasteiger partial charge in [-0.25, -0.2) is 0 Å². The topological polar surface area (TPSA) is 24.1 Å². The molecule has 0 atom stereocenters. The van der Waals surface area contributed by atoms with Crippen LogP contribution in [0.15, 0.2) is 0 Å². The van der Waals surface area contributed by atoms with Crippen molar-refractivity contribution in [2.24, 2.45) is 0 Å². The van der Waals surface area contributed by atoms with Crippen LogP contribution >= 0.6 is 0 Å². The third kappa shape index (κ3) is 18.7. The fraction of sp³-hybridized carbons (Fsp3) is 1.00. The fourth-order valence-corrected chi connectivity index (χ4v) is 1.13. The molecule has 0 radical (unpaired) electrons. The Hall–Kier alpha value is -0.0800. The van der Waals surface area contributed by atoms with Gasteiger partial charge < -0.3 is 10.6 Å². The maximum absolute atomic E-state index is 3.16.